The third kappa shape index (κ3) is 6.88. The Morgan fingerprint density at radius 1 is 1.18 bits per heavy atom. The molecule has 2 aliphatic rings. The summed E-state index contributed by atoms with van der Waals surface area (Å²) in [6.45, 7) is 9.17. The van der Waals surface area contributed by atoms with Gasteiger partial charge in [-0.25, -0.2) is 0 Å². The Labute approximate surface area is 187 Å². The highest BCUT2D eigenvalue weighted by Crippen LogP contribution is 2.21. The van der Waals surface area contributed by atoms with E-state index in [4.69, 9.17) is 9.73 Å². The number of nitrogens with one attached hydrogen (secondary N) is 1. The Hall–Kier alpha value is -0.860. The van der Waals surface area contributed by atoms with Crippen molar-refractivity contribution in [3.8, 4) is 0 Å². The molecule has 1 N–H and O–H groups in total. The molecule has 0 saturated carbocycles. The Kier molecular flexibility index (Phi) is 10.6. The molecule has 0 bridgehead atoms. The van der Waals surface area contributed by atoms with Gasteiger partial charge in [-0.05, 0) is 38.3 Å². The van der Waals surface area contributed by atoms with E-state index in [1.165, 1.54) is 37.8 Å². The van der Waals surface area contributed by atoms with E-state index >= 15 is 0 Å². The normalized spacial score (nSPS) is 23.5. The molecule has 2 heterocycles. The molecule has 2 fully saturated rings. The molecule has 2 unspecified atom stereocenters. The van der Waals surface area contributed by atoms with Crippen LogP contribution in [0.1, 0.15) is 38.2 Å². The van der Waals surface area contributed by atoms with Crippen molar-refractivity contribution in [2.24, 2.45) is 10.9 Å². The van der Waals surface area contributed by atoms with Crippen LogP contribution in [-0.2, 0) is 11.3 Å². The van der Waals surface area contributed by atoms with E-state index in [-0.39, 0.29) is 24.0 Å². The van der Waals surface area contributed by atoms with Crippen LogP contribution in [-0.4, -0.2) is 68.2 Å². The third-order valence-electron chi connectivity index (χ3n) is 5.75. The van der Waals surface area contributed by atoms with Gasteiger partial charge in [0.05, 0.1) is 13.2 Å². The standard InChI is InChI=1S/C22H36N4O.HI/c1-3-23-22(26-14-12-20(17-26)18-27-2)24-15-21-11-7-8-13-25(21)16-19-9-5-4-6-10-19;/h4-6,9-10,20-21H,3,7-8,11-18H2,1-2H3,(H,23,24);1H. The highest BCUT2D eigenvalue weighted by molar-refractivity contribution is 14.0. The first-order valence-corrected chi connectivity index (χ1v) is 10.6. The largest absolute Gasteiger partial charge is 0.384 e. The topological polar surface area (TPSA) is 40.1 Å². The second kappa shape index (κ2) is 12.6. The number of rotatable bonds is 7. The van der Waals surface area contributed by atoms with E-state index in [0.29, 0.717) is 12.0 Å². The zero-order valence-electron chi connectivity index (χ0n) is 17.5. The number of aliphatic imine (C=N–C) groups is 1. The van der Waals surface area contributed by atoms with Gasteiger partial charge in [0.2, 0.25) is 0 Å². The molecule has 6 heteroatoms. The van der Waals surface area contributed by atoms with Gasteiger partial charge in [-0.1, -0.05) is 36.8 Å². The molecule has 0 spiro atoms. The molecule has 0 radical (unpaired) electrons. The van der Waals surface area contributed by atoms with Crippen molar-refractivity contribution < 1.29 is 4.74 Å². The number of guanidine groups is 1. The second-order valence-electron chi connectivity index (χ2n) is 7.86. The summed E-state index contributed by atoms with van der Waals surface area (Å²) in [5, 5.41) is 3.51. The minimum atomic E-state index is 0. The minimum absolute atomic E-state index is 0. The van der Waals surface area contributed by atoms with Crippen LogP contribution in [0.3, 0.4) is 0 Å². The van der Waals surface area contributed by atoms with Crippen molar-refractivity contribution in [2.45, 2.75) is 45.2 Å². The van der Waals surface area contributed by atoms with E-state index in [1.54, 1.807) is 7.11 Å². The monoisotopic (exact) mass is 500 g/mol. The minimum Gasteiger partial charge on any atom is -0.384 e. The Bertz CT molecular complexity index is 583. The number of piperidine rings is 1. The fourth-order valence-electron chi connectivity index (χ4n) is 4.31. The van der Waals surface area contributed by atoms with Crippen molar-refractivity contribution in [2.75, 3.05) is 46.4 Å². The second-order valence-corrected chi connectivity index (χ2v) is 7.86. The van der Waals surface area contributed by atoms with Gasteiger partial charge in [-0.3, -0.25) is 9.89 Å². The number of likely N-dealkylation sites (tertiary alicyclic amines) is 2. The molecular formula is C22H37IN4O. The van der Waals surface area contributed by atoms with Crippen LogP contribution < -0.4 is 5.32 Å². The molecule has 28 heavy (non-hydrogen) atoms. The van der Waals surface area contributed by atoms with Gasteiger partial charge in [0.25, 0.3) is 0 Å². The number of hydrogen-bond acceptors (Lipinski definition) is 3. The highest BCUT2D eigenvalue weighted by atomic mass is 127. The first-order chi connectivity index (χ1) is 13.3. The Balaban J connectivity index is 0.00000280. The van der Waals surface area contributed by atoms with Crippen LogP contribution >= 0.6 is 24.0 Å². The summed E-state index contributed by atoms with van der Waals surface area (Å²) < 4.78 is 5.35. The lowest BCUT2D eigenvalue weighted by Gasteiger charge is -2.35. The molecule has 2 atom stereocenters. The van der Waals surface area contributed by atoms with E-state index in [9.17, 15) is 0 Å². The van der Waals surface area contributed by atoms with Crippen LogP contribution in [0.2, 0.25) is 0 Å². The van der Waals surface area contributed by atoms with Gasteiger partial charge in [-0.15, -0.1) is 24.0 Å². The summed E-state index contributed by atoms with van der Waals surface area (Å²) in [4.78, 5) is 10.1. The van der Waals surface area contributed by atoms with Crippen molar-refractivity contribution in [1.29, 1.82) is 0 Å². The predicted molar refractivity (Wildman–Crippen MR) is 127 cm³/mol. The number of hydrogen-bond donors (Lipinski definition) is 1. The maximum atomic E-state index is 5.35. The van der Waals surface area contributed by atoms with Crippen LogP contribution in [0.25, 0.3) is 0 Å². The molecule has 158 valence electrons. The molecule has 1 aromatic rings. The molecule has 3 rings (SSSR count). The van der Waals surface area contributed by atoms with Crippen LogP contribution in [0.15, 0.2) is 35.3 Å². The first-order valence-electron chi connectivity index (χ1n) is 10.6. The lowest BCUT2D eigenvalue weighted by atomic mass is 10.0. The summed E-state index contributed by atoms with van der Waals surface area (Å²) in [6, 6.07) is 11.4. The number of benzene rings is 1. The first kappa shape index (κ1) is 23.4. The fourth-order valence-corrected chi connectivity index (χ4v) is 4.31. The summed E-state index contributed by atoms with van der Waals surface area (Å²) in [5.74, 6) is 1.71. The predicted octanol–water partition coefficient (Wildman–Crippen LogP) is 3.59. The fraction of sp³-hybridized carbons (Fsp3) is 0.682. The molecule has 5 nitrogen and oxygen atoms in total. The molecule has 0 amide bonds. The maximum absolute atomic E-state index is 5.35. The van der Waals surface area contributed by atoms with Crippen LogP contribution in [0.4, 0.5) is 0 Å². The van der Waals surface area contributed by atoms with Crippen LogP contribution in [0.5, 0.6) is 0 Å². The Morgan fingerprint density at radius 2 is 2.00 bits per heavy atom. The van der Waals surface area contributed by atoms with Crippen molar-refractivity contribution in [1.82, 2.24) is 15.1 Å². The van der Waals surface area contributed by atoms with Gasteiger partial charge in [0.1, 0.15) is 0 Å². The van der Waals surface area contributed by atoms with E-state index < -0.39 is 0 Å². The molecule has 0 aliphatic carbocycles. The lowest BCUT2D eigenvalue weighted by Crippen LogP contribution is -2.44. The number of methoxy groups -OCH3 is 1. The zero-order valence-corrected chi connectivity index (χ0v) is 19.8. The summed E-state index contributed by atoms with van der Waals surface area (Å²) in [6.07, 6.45) is 5.07. The average Bonchev–Trinajstić information content (AvgIpc) is 3.16. The van der Waals surface area contributed by atoms with Gasteiger partial charge in [0, 0.05) is 45.2 Å². The number of halogens is 1. The van der Waals surface area contributed by atoms with Gasteiger partial charge < -0.3 is 15.0 Å². The summed E-state index contributed by atoms with van der Waals surface area (Å²) in [5.41, 5.74) is 1.40. The van der Waals surface area contributed by atoms with E-state index in [1.807, 2.05) is 0 Å². The van der Waals surface area contributed by atoms with Crippen molar-refractivity contribution in [3.05, 3.63) is 35.9 Å². The van der Waals surface area contributed by atoms with Gasteiger partial charge in [0.15, 0.2) is 5.96 Å². The third-order valence-corrected chi connectivity index (χ3v) is 5.75. The number of ether oxygens (including phenoxy) is 1. The van der Waals surface area contributed by atoms with Crippen molar-refractivity contribution >= 4 is 29.9 Å². The zero-order chi connectivity index (χ0) is 18.9. The maximum Gasteiger partial charge on any atom is 0.193 e. The quantitative estimate of drug-likeness (QED) is 0.353. The molecule has 2 saturated heterocycles. The molecule has 0 aromatic heterocycles. The molecule has 1 aromatic carbocycles. The Morgan fingerprint density at radius 3 is 2.75 bits per heavy atom. The van der Waals surface area contributed by atoms with E-state index in [0.717, 1.165) is 45.3 Å². The highest BCUT2D eigenvalue weighted by Gasteiger charge is 2.26. The molecule has 2 aliphatic heterocycles. The van der Waals surface area contributed by atoms with Gasteiger partial charge in [-0.2, -0.15) is 0 Å². The molecular weight excluding hydrogens is 463 g/mol. The lowest BCUT2D eigenvalue weighted by molar-refractivity contribution is 0.144. The van der Waals surface area contributed by atoms with Crippen LogP contribution in [0, 0.1) is 5.92 Å². The SMILES string of the molecule is CCNC(=NCC1CCCCN1Cc1ccccc1)N1CCC(COC)C1.I. The van der Waals surface area contributed by atoms with E-state index in [2.05, 4.69) is 52.4 Å². The van der Waals surface area contributed by atoms with Gasteiger partial charge >= 0.3 is 0 Å². The van der Waals surface area contributed by atoms with Crippen molar-refractivity contribution in [3.63, 3.8) is 0 Å². The summed E-state index contributed by atoms with van der Waals surface area (Å²) in [7, 11) is 1.80. The summed E-state index contributed by atoms with van der Waals surface area (Å²) >= 11 is 0. The average molecular weight is 500 g/mol. The smallest absolute Gasteiger partial charge is 0.193 e. The number of nitrogens with zero attached hydrogens (tertiary/aromatic N) is 3.